The van der Waals surface area contributed by atoms with E-state index in [0.717, 1.165) is 5.56 Å². The average molecular weight is 435 g/mol. The Balaban J connectivity index is 1.56. The third-order valence-corrected chi connectivity index (χ3v) is 5.39. The molecule has 1 aromatic heterocycles. The standard InChI is InChI=1S/C22H22N6O2S/c1-3-28-19(13-24-21(30)17-6-4-5-15(2)11-17)26-27-22(28)31-14-20(29)25-18-9-7-16(12-23)8-10-18/h4-11H,3,13-14H2,1-2H3,(H,24,30)(H,25,29). The minimum atomic E-state index is -0.185. The van der Waals surface area contributed by atoms with Crippen molar-refractivity contribution in [2.45, 2.75) is 32.1 Å². The second kappa shape index (κ2) is 10.4. The smallest absolute Gasteiger partial charge is 0.251 e. The van der Waals surface area contributed by atoms with E-state index < -0.39 is 0 Å². The Morgan fingerprint density at radius 2 is 1.94 bits per heavy atom. The predicted molar refractivity (Wildman–Crippen MR) is 119 cm³/mol. The maximum atomic E-state index is 12.4. The van der Waals surface area contributed by atoms with Crippen LogP contribution in [0.2, 0.25) is 0 Å². The maximum Gasteiger partial charge on any atom is 0.251 e. The summed E-state index contributed by atoms with van der Waals surface area (Å²) in [6.45, 7) is 4.75. The third kappa shape index (κ3) is 5.93. The van der Waals surface area contributed by atoms with Gasteiger partial charge in [-0.3, -0.25) is 9.59 Å². The fourth-order valence-corrected chi connectivity index (χ4v) is 3.70. The summed E-state index contributed by atoms with van der Waals surface area (Å²) < 4.78 is 1.87. The van der Waals surface area contributed by atoms with Gasteiger partial charge in [-0.05, 0) is 50.2 Å². The Hall–Kier alpha value is -3.64. The molecule has 9 heteroatoms. The van der Waals surface area contributed by atoms with Gasteiger partial charge in [0.25, 0.3) is 5.91 Å². The summed E-state index contributed by atoms with van der Waals surface area (Å²) >= 11 is 1.27. The number of aromatic nitrogens is 3. The molecular weight excluding hydrogens is 412 g/mol. The van der Waals surface area contributed by atoms with Crippen LogP contribution in [0.3, 0.4) is 0 Å². The lowest BCUT2D eigenvalue weighted by Crippen LogP contribution is -2.25. The normalized spacial score (nSPS) is 10.4. The second-order valence-electron chi connectivity index (χ2n) is 6.72. The average Bonchev–Trinajstić information content (AvgIpc) is 3.18. The van der Waals surface area contributed by atoms with Gasteiger partial charge in [-0.2, -0.15) is 5.26 Å². The SMILES string of the molecule is CCn1c(CNC(=O)c2cccc(C)c2)nnc1SCC(=O)Nc1ccc(C#N)cc1. The number of carbonyl (C=O) groups excluding carboxylic acids is 2. The van der Waals surface area contributed by atoms with Gasteiger partial charge in [0, 0.05) is 17.8 Å². The van der Waals surface area contributed by atoms with Crippen LogP contribution in [-0.2, 0) is 17.9 Å². The highest BCUT2D eigenvalue weighted by Gasteiger charge is 2.14. The predicted octanol–water partition coefficient (Wildman–Crippen LogP) is 3.14. The van der Waals surface area contributed by atoms with E-state index in [1.165, 1.54) is 11.8 Å². The van der Waals surface area contributed by atoms with E-state index in [9.17, 15) is 9.59 Å². The molecule has 158 valence electrons. The van der Waals surface area contributed by atoms with E-state index in [0.29, 0.717) is 34.3 Å². The lowest BCUT2D eigenvalue weighted by Gasteiger charge is -2.09. The van der Waals surface area contributed by atoms with Gasteiger partial charge < -0.3 is 15.2 Å². The van der Waals surface area contributed by atoms with Gasteiger partial charge in [-0.25, -0.2) is 0 Å². The van der Waals surface area contributed by atoms with Crippen LogP contribution in [0.5, 0.6) is 0 Å². The van der Waals surface area contributed by atoms with Crippen LogP contribution in [0.4, 0.5) is 5.69 Å². The Kier molecular flexibility index (Phi) is 7.40. The number of thioether (sulfide) groups is 1. The molecule has 0 fully saturated rings. The van der Waals surface area contributed by atoms with Gasteiger partial charge in [0.05, 0.1) is 23.9 Å². The molecule has 2 aromatic carbocycles. The number of aryl methyl sites for hydroxylation is 1. The first-order valence-electron chi connectivity index (χ1n) is 9.70. The number of amides is 2. The lowest BCUT2D eigenvalue weighted by atomic mass is 10.1. The molecule has 2 amide bonds. The molecule has 0 spiro atoms. The van der Waals surface area contributed by atoms with Crippen molar-refractivity contribution in [3.05, 3.63) is 71.0 Å². The molecule has 8 nitrogen and oxygen atoms in total. The van der Waals surface area contributed by atoms with Crippen molar-refractivity contribution in [3.8, 4) is 6.07 Å². The summed E-state index contributed by atoms with van der Waals surface area (Å²) in [7, 11) is 0. The van der Waals surface area contributed by atoms with Crippen molar-refractivity contribution in [2.75, 3.05) is 11.1 Å². The molecule has 0 radical (unpaired) electrons. The summed E-state index contributed by atoms with van der Waals surface area (Å²) in [4.78, 5) is 24.6. The third-order valence-electron chi connectivity index (χ3n) is 4.43. The molecule has 0 unspecified atom stereocenters. The second-order valence-corrected chi connectivity index (χ2v) is 7.66. The largest absolute Gasteiger partial charge is 0.345 e. The Morgan fingerprint density at radius 3 is 2.61 bits per heavy atom. The number of benzene rings is 2. The van der Waals surface area contributed by atoms with Crippen LogP contribution >= 0.6 is 11.8 Å². The van der Waals surface area contributed by atoms with Crippen molar-refractivity contribution in [1.29, 1.82) is 5.26 Å². The minimum absolute atomic E-state index is 0.161. The molecule has 0 bridgehead atoms. The summed E-state index contributed by atoms with van der Waals surface area (Å²) in [5.74, 6) is 0.423. The molecule has 0 saturated heterocycles. The zero-order chi connectivity index (χ0) is 22.2. The number of nitrogens with one attached hydrogen (secondary N) is 2. The van der Waals surface area contributed by atoms with Crippen LogP contribution in [0, 0.1) is 18.3 Å². The van der Waals surface area contributed by atoms with Gasteiger partial charge in [-0.15, -0.1) is 10.2 Å². The van der Waals surface area contributed by atoms with Crippen molar-refractivity contribution < 1.29 is 9.59 Å². The van der Waals surface area contributed by atoms with Crippen molar-refractivity contribution in [1.82, 2.24) is 20.1 Å². The highest BCUT2D eigenvalue weighted by atomic mass is 32.2. The lowest BCUT2D eigenvalue weighted by molar-refractivity contribution is -0.113. The number of anilines is 1. The molecule has 1 heterocycles. The van der Waals surface area contributed by atoms with Gasteiger partial charge in [0.1, 0.15) is 0 Å². The molecule has 31 heavy (non-hydrogen) atoms. The molecule has 0 aliphatic carbocycles. The van der Waals surface area contributed by atoms with E-state index in [-0.39, 0.29) is 24.1 Å². The summed E-state index contributed by atoms with van der Waals surface area (Å²) in [5, 5.41) is 23.4. The molecule has 0 atom stereocenters. The van der Waals surface area contributed by atoms with Crippen molar-refractivity contribution in [3.63, 3.8) is 0 Å². The summed E-state index contributed by atoms with van der Waals surface area (Å²) in [6, 6.07) is 16.1. The van der Waals surface area contributed by atoms with Crippen LogP contribution in [0.1, 0.15) is 34.2 Å². The Morgan fingerprint density at radius 1 is 1.16 bits per heavy atom. The quantitative estimate of drug-likeness (QED) is 0.527. The molecule has 0 aliphatic rings. The number of hydrogen-bond acceptors (Lipinski definition) is 6. The van der Waals surface area contributed by atoms with Gasteiger partial charge in [-0.1, -0.05) is 29.5 Å². The maximum absolute atomic E-state index is 12.4. The molecule has 3 rings (SSSR count). The topological polar surface area (TPSA) is 113 Å². The number of rotatable bonds is 8. The Labute approximate surface area is 184 Å². The molecule has 2 N–H and O–H groups in total. The molecule has 3 aromatic rings. The van der Waals surface area contributed by atoms with Crippen LogP contribution in [-0.4, -0.2) is 32.3 Å². The van der Waals surface area contributed by atoms with Crippen LogP contribution in [0.25, 0.3) is 0 Å². The van der Waals surface area contributed by atoms with Gasteiger partial charge >= 0.3 is 0 Å². The monoisotopic (exact) mass is 434 g/mol. The van der Waals surface area contributed by atoms with Crippen molar-refractivity contribution in [2.24, 2.45) is 0 Å². The first-order valence-corrected chi connectivity index (χ1v) is 10.7. The van der Waals surface area contributed by atoms with Crippen LogP contribution in [0.15, 0.2) is 53.7 Å². The van der Waals surface area contributed by atoms with E-state index in [1.54, 1.807) is 30.3 Å². The Bertz CT molecular complexity index is 1120. The first kappa shape index (κ1) is 22.1. The van der Waals surface area contributed by atoms with E-state index in [1.807, 2.05) is 42.7 Å². The van der Waals surface area contributed by atoms with Gasteiger partial charge in [0.15, 0.2) is 11.0 Å². The van der Waals surface area contributed by atoms with E-state index in [4.69, 9.17) is 5.26 Å². The number of nitrogens with zero attached hydrogens (tertiary/aromatic N) is 4. The highest BCUT2D eigenvalue weighted by molar-refractivity contribution is 7.99. The van der Waals surface area contributed by atoms with Crippen molar-refractivity contribution >= 4 is 29.3 Å². The number of hydrogen-bond donors (Lipinski definition) is 2. The van der Waals surface area contributed by atoms with Gasteiger partial charge in [0.2, 0.25) is 5.91 Å². The fraction of sp³-hybridized carbons (Fsp3) is 0.227. The van der Waals surface area contributed by atoms with E-state index >= 15 is 0 Å². The molecule has 0 saturated carbocycles. The molecular formula is C22H22N6O2S. The fourth-order valence-electron chi connectivity index (χ4n) is 2.88. The molecule has 0 aliphatic heterocycles. The summed E-state index contributed by atoms with van der Waals surface area (Å²) in [5.41, 5.74) is 2.77. The first-order chi connectivity index (χ1) is 15.0. The zero-order valence-electron chi connectivity index (χ0n) is 17.3. The van der Waals surface area contributed by atoms with E-state index in [2.05, 4.69) is 20.8 Å². The highest BCUT2D eigenvalue weighted by Crippen LogP contribution is 2.18. The zero-order valence-corrected chi connectivity index (χ0v) is 18.1. The number of nitriles is 1. The summed E-state index contributed by atoms with van der Waals surface area (Å²) in [6.07, 6.45) is 0. The minimum Gasteiger partial charge on any atom is -0.345 e. The number of carbonyl (C=O) groups is 2. The van der Waals surface area contributed by atoms with Crippen LogP contribution < -0.4 is 10.6 Å².